The summed E-state index contributed by atoms with van der Waals surface area (Å²) in [7, 11) is 0. The summed E-state index contributed by atoms with van der Waals surface area (Å²) in [5.74, 6) is -15.0. The highest BCUT2D eigenvalue weighted by molar-refractivity contribution is 5.91. The van der Waals surface area contributed by atoms with Crippen molar-refractivity contribution in [2.45, 2.75) is 6.92 Å². The lowest BCUT2D eigenvalue weighted by Gasteiger charge is -2.09. The molecular weight excluding hydrogens is 339 g/mol. The van der Waals surface area contributed by atoms with E-state index in [1.54, 1.807) is 0 Å². The van der Waals surface area contributed by atoms with Gasteiger partial charge in [-0.3, -0.25) is 4.79 Å². The Hall–Kier alpha value is -2.97. The predicted octanol–water partition coefficient (Wildman–Crippen LogP) is 3.53. The van der Waals surface area contributed by atoms with Crippen molar-refractivity contribution in [2.75, 3.05) is 0 Å². The van der Waals surface area contributed by atoms with Gasteiger partial charge < -0.3 is 9.47 Å². The molecule has 0 aliphatic rings. The molecule has 0 saturated carbocycles. The van der Waals surface area contributed by atoms with E-state index < -0.39 is 46.8 Å². The summed E-state index contributed by atoms with van der Waals surface area (Å²) in [5, 5.41) is 0. The van der Waals surface area contributed by atoms with Crippen molar-refractivity contribution in [3.8, 4) is 11.5 Å². The van der Waals surface area contributed by atoms with Crippen LogP contribution < -0.4 is 9.47 Å². The highest BCUT2D eigenvalue weighted by Crippen LogP contribution is 2.29. The average Bonchev–Trinajstić information content (AvgIpc) is 2.55. The van der Waals surface area contributed by atoms with Crippen LogP contribution in [-0.4, -0.2) is 11.9 Å². The van der Waals surface area contributed by atoms with Gasteiger partial charge in [-0.15, -0.1) is 0 Å². The number of halogens is 5. The van der Waals surface area contributed by atoms with E-state index in [2.05, 4.69) is 4.74 Å². The summed E-state index contributed by atoms with van der Waals surface area (Å²) in [6.07, 6.45) is 0. The lowest BCUT2D eigenvalue weighted by Crippen LogP contribution is -2.13. The first-order chi connectivity index (χ1) is 11.2. The number of hydrogen-bond acceptors (Lipinski definition) is 4. The minimum Gasteiger partial charge on any atom is -0.427 e. The van der Waals surface area contributed by atoms with Crippen molar-refractivity contribution in [1.29, 1.82) is 0 Å². The van der Waals surface area contributed by atoms with Crippen molar-refractivity contribution in [3.63, 3.8) is 0 Å². The SMILES string of the molecule is CC(=O)Oc1ccc(C(=O)Oc2c(F)c(F)c(F)c(F)c2F)cc1. The van der Waals surface area contributed by atoms with Crippen molar-refractivity contribution in [1.82, 2.24) is 0 Å². The van der Waals surface area contributed by atoms with Gasteiger partial charge >= 0.3 is 11.9 Å². The van der Waals surface area contributed by atoms with Gasteiger partial charge in [0.2, 0.25) is 34.8 Å². The summed E-state index contributed by atoms with van der Waals surface area (Å²) in [6.45, 7) is 1.14. The van der Waals surface area contributed by atoms with Gasteiger partial charge in [0.1, 0.15) is 5.75 Å². The topological polar surface area (TPSA) is 52.6 Å². The van der Waals surface area contributed by atoms with Crippen LogP contribution in [0.1, 0.15) is 17.3 Å². The molecule has 2 rings (SSSR count). The molecular formula is C15H7F5O4. The number of carbonyl (C=O) groups is 2. The van der Waals surface area contributed by atoms with E-state index in [0.717, 1.165) is 19.1 Å². The predicted molar refractivity (Wildman–Crippen MR) is 68.9 cm³/mol. The van der Waals surface area contributed by atoms with E-state index in [0.29, 0.717) is 0 Å². The van der Waals surface area contributed by atoms with Gasteiger partial charge in [-0.05, 0) is 24.3 Å². The minimum absolute atomic E-state index is 0.0790. The van der Waals surface area contributed by atoms with E-state index in [4.69, 9.17) is 4.74 Å². The normalized spacial score (nSPS) is 10.4. The molecule has 0 radical (unpaired) electrons. The third-order valence-corrected chi connectivity index (χ3v) is 2.72. The number of ether oxygens (including phenoxy) is 2. The minimum atomic E-state index is -2.37. The molecule has 126 valence electrons. The lowest BCUT2D eigenvalue weighted by atomic mass is 10.2. The Morgan fingerprint density at radius 3 is 1.67 bits per heavy atom. The molecule has 0 aromatic heterocycles. The Balaban J connectivity index is 2.29. The second kappa shape index (κ2) is 6.65. The quantitative estimate of drug-likeness (QED) is 0.281. The highest BCUT2D eigenvalue weighted by Gasteiger charge is 2.28. The second-order valence-electron chi connectivity index (χ2n) is 4.41. The first kappa shape index (κ1) is 17.4. The molecule has 0 N–H and O–H groups in total. The fourth-order valence-electron chi connectivity index (χ4n) is 1.65. The van der Waals surface area contributed by atoms with Crippen LogP contribution in [0.25, 0.3) is 0 Å². The molecule has 0 bridgehead atoms. The van der Waals surface area contributed by atoms with Crippen LogP contribution in [0.4, 0.5) is 22.0 Å². The highest BCUT2D eigenvalue weighted by atomic mass is 19.2. The molecule has 2 aromatic carbocycles. The smallest absolute Gasteiger partial charge is 0.343 e. The maximum atomic E-state index is 13.4. The first-order valence-electron chi connectivity index (χ1n) is 6.24. The Kier molecular flexibility index (Phi) is 4.82. The van der Waals surface area contributed by atoms with Crippen molar-refractivity contribution in [2.24, 2.45) is 0 Å². The van der Waals surface area contributed by atoms with E-state index in [9.17, 15) is 31.5 Å². The van der Waals surface area contributed by atoms with Gasteiger partial charge in [-0.2, -0.15) is 8.78 Å². The zero-order valence-corrected chi connectivity index (χ0v) is 11.8. The second-order valence-corrected chi connectivity index (χ2v) is 4.41. The average molecular weight is 346 g/mol. The van der Waals surface area contributed by atoms with Gasteiger partial charge in [-0.25, -0.2) is 18.0 Å². The van der Waals surface area contributed by atoms with Crippen molar-refractivity contribution in [3.05, 3.63) is 58.9 Å². The van der Waals surface area contributed by atoms with E-state index in [1.165, 1.54) is 12.1 Å². The number of carbonyl (C=O) groups excluding carboxylic acids is 2. The zero-order valence-electron chi connectivity index (χ0n) is 11.8. The molecule has 0 amide bonds. The molecule has 9 heteroatoms. The monoisotopic (exact) mass is 346 g/mol. The fourth-order valence-corrected chi connectivity index (χ4v) is 1.65. The summed E-state index contributed by atoms with van der Waals surface area (Å²) < 4.78 is 74.8. The van der Waals surface area contributed by atoms with Gasteiger partial charge in [0, 0.05) is 6.92 Å². The third kappa shape index (κ3) is 3.34. The number of hydrogen-bond donors (Lipinski definition) is 0. The van der Waals surface area contributed by atoms with E-state index >= 15 is 0 Å². The largest absolute Gasteiger partial charge is 0.427 e. The maximum Gasteiger partial charge on any atom is 0.343 e. The Morgan fingerprint density at radius 1 is 0.750 bits per heavy atom. The molecule has 0 heterocycles. The van der Waals surface area contributed by atoms with Crippen LogP contribution in [0.5, 0.6) is 11.5 Å². The van der Waals surface area contributed by atoms with Gasteiger partial charge in [0.15, 0.2) is 0 Å². The molecule has 2 aromatic rings. The molecule has 0 saturated heterocycles. The number of esters is 2. The lowest BCUT2D eigenvalue weighted by molar-refractivity contribution is -0.131. The van der Waals surface area contributed by atoms with Crippen LogP contribution in [0.2, 0.25) is 0 Å². The number of rotatable bonds is 3. The van der Waals surface area contributed by atoms with Crippen molar-refractivity contribution < 1.29 is 41.0 Å². The summed E-state index contributed by atoms with van der Waals surface area (Å²) in [5.41, 5.74) is -0.269. The molecule has 0 aliphatic heterocycles. The van der Waals surface area contributed by atoms with Crippen LogP contribution in [-0.2, 0) is 4.79 Å². The van der Waals surface area contributed by atoms with Gasteiger partial charge in [0.05, 0.1) is 5.56 Å². The number of benzene rings is 2. The standard InChI is InChI=1S/C15H7F5O4/c1-6(21)23-8-4-2-7(3-5-8)15(22)24-14-12(19)10(17)9(16)11(18)13(14)20/h2-5H,1H3. The van der Waals surface area contributed by atoms with Crippen molar-refractivity contribution >= 4 is 11.9 Å². The Labute approximate surface area is 131 Å². The summed E-state index contributed by atoms with van der Waals surface area (Å²) in [6, 6.07) is 4.51. The molecule has 0 atom stereocenters. The van der Waals surface area contributed by atoms with Gasteiger partial charge in [-0.1, -0.05) is 0 Å². The van der Waals surface area contributed by atoms with E-state index in [-0.39, 0.29) is 11.3 Å². The molecule has 0 unspecified atom stereocenters. The van der Waals surface area contributed by atoms with Crippen LogP contribution in [0, 0.1) is 29.1 Å². The van der Waals surface area contributed by atoms with E-state index in [1.807, 2.05) is 0 Å². The fraction of sp³-hybridized carbons (Fsp3) is 0.0667. The van der Waals surface area contributed by atoms with Crippen LogP contribution >= 0.6 is 0 Å². The molecule has 0 fully saturated rings. The molecule has 24 heavy (non-hydrogen) atoms. The first-order valence-corrected chi connectivity index (χ1v) is 6.24. The zero-order chi connectivity index (χ0) is 18.0. The third-order valence-electron chi connectivity index (χ3n) is 2.72. The molecule has 0 aliphatic carbocycles. The maximum absolute atomic E-state index is 13.4. The molecule has 4 nitrogen and oxygen atoms in total. The summed E-state index contributed by atoms with van der Waals surface area (Å²) in [4.78, 5) is 22.5. The van der Waals surface area contributed by atoms with Gasteiger partial charge in [0.25, 0.3) is 0 Å². The Morgan fingerprint density at radius 2 is 1.21 bits per heavy atom. The van der Waals surface area contributed by atoms with Crippen LogP contribution in [0.15, 0.2) is 24.3 Å². The summed E-state index contributed by atoms with van der Waals surface area (Å²) >= 11 is 0. The molecule has 0 spiro atoms. The Bertz CT molecular complexity index is 789. The van der Waals surface area contributed by atoms with Crippen LogP contribution in [0.3, 0.4) is 0 Å².